The van der Waals surface area contributed by atoms with Crippen LogP contribution in [0.15, 0.2) is 36.5 Å². The van der Waals surface area contributed by atoms with Gasteiger partial charge in [-0.05, 0) is 18.2 Å². The van der Waals surface area contributed by atoms with Crippen molar-refractivity contribution >= 4 is 17.6 Å². The summed E-state index contributed by atoms with van der Waals surface area (Å²) in [5.41, 5.74) is 0.0360. The molecule has 0 aliphatic heterocycles. The third-order valence-corrected chi connectivity index (χ3v) is 2.00. The topological polar surface area (TPSA) is 75.1 Å². The molecular formula is C11H8FN3O2. The number of aromatic carboxylic acids is 1. The molecule has 0 saturated heterocycles. The van der Waals surface area contributed by atoms with Gasteiger partial charge in [0.2, 0.25) is 5.95 Å². The van der Waals surface area contributed by atoms with Crippen molar-refractivity contribution in [3.63, 3.8) is 0 Å². The summed E-state index contributed by atoms with van der Waals surface area (Å²) >= 11 is 0. The molecule has 17 heavy (non-hydrogen) atoms. The van der Waals surface area contributed by atoms with Gasteiger partial charge < -0.3 is 10.4 Å². The molecule has 0 atom stereocenters. The normalized spacial score (nSPS) is 9.94. The van der Waals surface area contributed by atoms with Crippen molar-refractivity contribution in [3.05, 3.63) is 48.0 Å². The summed E-state index contributed by atoms with van der Waals surface area (Å²) in [6.07, 6.45) is 1.29. The van der Waals surface area contributed by atoms with Gasteiger partial charge in [-0.25, -0.2) is 19.2 Å². The Morgan fingerprint density at radius 3 is 2.76 bits per heavy atom. The third kappa shape index (κ3) is 2.54. The number of nitrogens with one attached hydrogen (secondary N) is 1. The summed E-state index contributed by atoms with van der Waals surface area (Å²) in [5.74, 6) is -1.59. The van der Waals surface area contributed by atoms with E-state index in [0.29, 0.717) is 0 Å². The van der Waals surface area contributed by atoms with E-state index < -0.39 is 11.8 Å². The highest BCUT2D eigenvalue weighted by molar-refractivity contribution is 5.85. The van der Waals surface area contributed by atoms with E-state index in [1.165, 1.54) is 24.4 Å². The fraction of sp³-hybridized carbons (Fsp3) is 0. The Hall–Kier alpha value is -2.50. The molecule has 0 aliphatic carbocycles. The number of hydrogen-bond donors (Lipinski definition) is 2. The number of carboxylic acids is 1. The quantitative estimate of drug-likeness (QED) is 0.848. The summed E-state index contributed by atoms with van der Waals surface area (Å²) in [5, 5.41) is 11.3. The smallest absolute Gasteiger partial charge is 0.354 e. The largest absolute Gasteiger partial charge is 0.477 e. The van der Waals surface area contributed by atoms with Crippen molar-refractivity contribution in [3.8, 4) is 0 Å². The van der Waals surface area contributed by atoms with Crippen LogP contribution >= 0.6 is 0 Å². The number of carboxylic acid groups (broad SMARTS) is 1. The molecule has 1 aromatic heterocycles. The molecular weight excluding hydrogens is 225 g/mol. The lowest BCUT2D eigenvalue weighted by molar-refractivity contribution is 0.0690. The van der Waals surface area contributed by atoms with Crippen LogP contribution in [-0.4, -0.2) is 21.0 Å². The molecule has 1 heterocycles. The van der Waals surface area contributed by atoms with Crippen molar-refractivity contribution in [2.24, 2.45) is 0 Å². The first-order chi connectivity index (χ1) is 8.16. The molecule has 2 rings (SSSR count). The number of halogens is 1. The molecule has 5 nitrogen and oxygen atoms in total. The Labute approximate surface area is 96.0 Å². The predicted octanol–water partition coefficient (Wildman–Crippen LogP) is 2.06. The van der Waals surface area contributed by atoms with E-state index in [1.807, 2.05) is 0 Å². The molecule has 0 aliphatic rings. The molecule has 0 fully saturated rings. The molecule has 1 aromatic carbocycles. The van der Waals surface area contributed by atoms with Crippen LogP contribution in [0.2, 0.25) is 0 Å². The number of rotatable bonds is 3. The lowest BCUT2D eigenvalue weighted by Crippen LogP contribution is -2.05. The van der Waals surface area contributed by atoms with E-state index in [0.717, 1.165) is 0 Å². The molecule has 2 N–H and O–H groups in total. The average Bonchev–Trinajstić information content (AvgIpc) is 2.32. The van der Waals surface area contributed by atoms with E-state index >= 15 is 0 Å². The Morgan fingerprint density at radius 1 is 1.29 bits per heavy atom. The minimum absolute atomic E-state index is 0.0370. The van der Waals surface area contributed by atoms with Gasteiger partial charge in [0, 0.05) is 6.20 Å². The number of aromatic nitrogens is 2. The number of nitrogens with zero attached hydrogens (tertiary/aromatic N) is 2. The number of carbonyl (C=O) groups is 1. The van der Waals surface area contributed by atoms with Crippen LogP contribution in [0.1, 0.15) is 10.5 Å². The standard InChI is InChI=1S/C11H8FN3O2/c12-7-3-1-2-4-8(7)14-11-13-6-5-9(15-11)10(16)17/h1-6H,(H,16,17)(H,13,14,15). The van der Waals surface area contributed by atoms with Gasteiger partial charge in [0.25, 0.3) is 0 Å². The molecule has 0 bridgehead atoms. The van der Waals surface area contributed by atoms with Crippen LogP contribution in [0.3, 0.4) is 0 Å². The first-order valence-corrected chi connectivity index (χ1v) is 4.75. The Morgan fingerprint density at radius 2 is 2.06 bits per heavy atom. The molecule has 6 heteroatoms. The molecule has 0 amide bonds. The zero-order chi connectivity index (χ0) is 12.3. The second kappa shape index (κ2) is 4.56. The Balaban J connectivity index is 2.28. The third-order valence-electron chi connectivity index (χ3n) is 2.00. The SMILES string of the molecule is O=C(O)c1ccnc(Nc2ccccc2F)n1. The summed E-state index contributed by atoms with van der Waals surface area (Å²) in [6.45, 7) is 0. The van der Waals surface area contributed by atoms with Gasteiger partial charge in [-0.2, -0.15) is 0 Å². The lowest BCUT2D eigenvalue weighted by Gasteiger charge is -2.05. The first-order valence-electron chi connectivity index (χ1n) is 4.75. The maximum absolute atomic E-state index is 13.3. The van der Waals surface area contributed by atoms with E-state index in [-0.39, 0.29) is 17.3 Å². The summed E-state index contributed by atoms with van der Waals surface area (Å²) in [6, 6.07) is 7.24. The van der Waals surface area contributed by atoms with Gasteiger partial charge in [0.15, 0.2) is 5.69 Å². The van der Waals surface area contributed by atoms with Crippen LogP contribution in [-0.2, 0) is 0 Å². The second-order valence-electron chi connectivity index (χ2n) is 3.18. The highest BCUT2D eigenvalue weighted by atomic mass is 19.1. The zero-order valence-electron chi connectivity index (χ0n) is 8.59. The van der Waals surface area contributed by atoms with Crippen LogP contribution in [0.5, 0.6) is 0 Å². The van der Waals surface area contributed by atoms with Gasteiger partial charge >= 0.3 is 5.97 Å². The number of anilines is 2. The van der Waals surface area contributed by atoms with E-state index in [2.05, 4.69) is 15.3 Å². The zero-order valence-corrected chi connectivity index (χ0v) is 8.59. The van der Waals surface area contributed by atoms with Crippen molar-refractivity contribution in [2.45, 2.75) is 0 Å². The molecule has 86 valence electrons. The first kappa shape index (κ1) is 11.0. The molecule has 0 saturated carbocycles. The Kier molecular flexibility index (Phi) is 2.95. The maximum atomic E-state index is 13.3. The minimum Gasteiger partial charge on any atom is -0.477 e. The predicted molar refractivity (Wildman–Crippen MR) is 58.7 cm³/mol. The Bertz CT molecular complexity index is 560. The molecule has 0 spiro atoms. The fourth-order valence-electron chi connectivity index (χ4n) is 1.22. The summed E-state index contributed by atoms with van der Waals surface area (Å²) in [7, 11) is 0. The number of benzene rings is 1. The highest BCUT2D eigenvalue weighted by Gasteiger charge is 2.07. The second-order valence-corrected chi connectivity index (χ2v) is 3.18. The summed E-state index contributed by atoms with van der Waals surface area (Å²) in [4.78, 5) is 18.2. The van der Waals surface area contributed by atoms with Crippen LogP contribution in [0, 0.1) is 5.82 Å². The van der Waals surface area contributed by atoms with Gasteiger partial charge in [0.05, 0.1) is 5.69 Å². The van der Waals surface area contributed by atoms with Gasteiger partial charge in [0.1, 0.15) is 5.82 Å². The lowest BCUT2D eigenvalue weighted by atomic mass is 10.3. The van der Waals surface area contributed by atoms with E-state index in [9.17, 15) is 9.18 Å². The van der Waals surface area contributed by atoms with Gasteiger partial charge in [-0.1, -0.05) is 12.1 Å². The van der Waals surface area contributed by atoms with Crippen molar-refractivity contribution in [2.75, 3.05) is 5.32 Å². The van der Waals surface area contributed by atoms with Gasteiger partial charge in [-0.3, -0.25) is 0 Å². The van der Waals surface area contributed by atoms with Gasteiger partial charge in [-0.15, -0.1) is 0 Å². The minimum atomic E-state index is -1.16. The molecule has 0 unspecified atom stereocenters. The monoisotopic (exact) mass is 233 g/mol. The fourth-order valence-corrected chi connectivity index (χ4v) is 1.22. The highest BCUT2D eigenvalue weighted by Crippen LogP contribution is 2.16. The van der Waals surface area contributed by atoms with Crippen molar-refractivity contribution in [1.82, 2.24) is 9.97 Å². The van der Waals surface area contributed by atoms with Crippen molar-refractivity contribution in [1.29, 1.82) is 0 Å². The van der Waals surface area contributed by atoms with Crippen LogP contribution in [0.4, 0.5) is 16.0 Å². The summed E-state index contributed by atoms with van der Waals surface area (Å²) < 4.78 is 13.3. The van der Waals surface area contributed by atoms with Crippen molar-refractivity contribution < 1.29 is 14.3 Å². The number of para-hydroxylation sites is 1. The van der Waals surface area contributed by atoms with Crippen LogP contribution < -0.4 is 5.32 Å². The average molecular weight is 233 g/mol. The molecule has 0 radical (unpaired) electrons. The molecule has 2 aromatic rings. The van der Waals surface area contributed by atoms with Crippen LogP contribution in [0.25, 0.3) is 0 Å². The van der Waals surface area contributed by atoms with E-state index in [4.69, 9.17) is 5.11 Å². The van der Waals surface area contributed by atoms with E-state index in [1.54, 1.807) is 12.1 Å². The number of hydrogen-bond acceptors (Lipinski definition) is 4. The maximum Gasteiger partial charge on any atom is 0.354 e.